The first-order valence-electron chi connectivity index (χ1n) is 6.19. The van der Waals surface area contributed by atoms with Gasteiger partial charge in [0, 0.05) is 6.20 Å². The predicted molar refractivity (Wildman–Crippen MR) is 85.8 cm³/mol. The van der Waals surface area contributed by atoms with Crippen LogP contribution in [0.2, 0.25) is 0 Å². The summed E-state index contributed by atoms with van der Waals surface area (Å²) in [4.78, 5) is 18.5. The molecule has 0 bridgehead atoms. The SMILES string of the molecule is Cc1cccc(N2C(=O)C(c3ccccn3)SC2=S)c1. The highest BCUT2D eigenvalue weighted by atomic mass is 32.2. The van der Waals surface area contributed by atoms with E-state index in [4.69, 9.17) is 12.2 Å². The van der Waals surface area contributed by atoms with E-state index in [0.717, 1.165) is 16.9 Å². The van der Waals surface area contributed by atoms with E-state index < -0.39 is 0 Å². The van der Waals surface area contributed by atoms with Gasteiger partial charge < -0.3 is 0 Å². The Morgan fingerprint density at radius 1 is 1.25 bits per heavy atom. The molecule has 1 fully saturated rings. The maximum Gasteiger partial charge on any atom is 0.252 e. The van der Waals surface area contributed by atoms with Gasteiger partial charge in [0.05, 0.1) is 11.4 Å². The molecule has 1 aliphatic rings. The first-order valence-corrected chi connectivity index (χ1v) is 7.48. The van der Waals surface area contributed by atoms with Crippen LogP contribution >= 0.6 is 24.0 Å². The molecular formula is C15H12N2OS2. The van der Waals surface area contributed by atoms with Crippen LogP contribution in [0.4, 0.5) is 5.69 Å². The van der Waals surface area contributed by atoms with Crippen molar-refractivity contribution in [1.29, 1.82) is 0 Å². The molecule has 2 heterocycles. The lowest BCUT2D eigenvalue weighted by Crippen LogP contribution is -2.29. The molecule has 1 amide bonds. The number of carbonyl (C=O) groups excluding carboxylic acids is 1. The van der Waals surface area contributed by atoms with Crippen LogP contribution in [-0.2, 0) is 4.79 Å². The smallest absolute Gasteiger partial charge is 0.252 e. The Morgan fingerprint density at radius 3 is 2.80 bits per heavy atom. The number of hydrogen-bond acceptors (Lipinski definition) is 4. The molecule has 1 aliphatic heterocycles. The number of anilines is 1. The molecule has 0 radical (unpaired) electrons. The number of hydrogen-bond donors (Lipinski definition) is 0. The van der Waals surface area contributed by atoms with E-state index in [1.54, 1.807) is 11.1 Å². The Kier molecular flexibility index (Phi) is 3.54. The van der Waals surface area contributed by atoms with Gasteiger partial charge in [0.25, 0.3) is 5.91 Å². The van der Waals surface area contributed by atoms with Gasteiger partial charge in [0.2, 0.25) is 0 Å². The van der Waals surface area contributed by atoms with Crippen LogP contribution in [0.3, 0.4) is 0 Å². The average molecular weight is 300 g/mol. The first-order chi connectivity index (χ1) is 9.66. The fourth-order valence-corrected chi connectivity index (χ4v) is 3.58. The molecule has 20 heavy (non-hydrogen) atoms. The summed E-state index contributed by atoms with van der Waals surface area (Å²) in [6.07, 6.45) is 1.70. The summed E-state index contributed by atoms with van der Waals surface area (Å²) in [5, 5.41) is -0.343. The highest BCUT2D eigenvalue weighted by Gasteiger charge is 2.39. The molecule has 5 heteroatoms. The lowest BCUT2D eigenvalue weighted by atomic mass is 10.2. The fraction of sp³-hybridized carbons (Fsp3) is 0.133. The highest BCUT2D eigenvalue weighted by Crippen LogP contribution is 2.40. The minimum atomic E-state index is -0.343. The van der Waals surface area contributed by atoms with Crippen LogP contribution in [0.15, 0.2) is 48.7 Å². The summed E-state index contributed by atoms with van der Waals surface area (Å²) in [7, 11) is 0. The molecule has 1 unspecified atom stereocenters. The van der Waals surface area contributed by atoms with E-state index in [2.05, 4.69) is 4.98 Å². The Balaban J connectivity index is 1.95. The van der Waals surface area contributed by atoms with Gasteiger partial charge >= 0.3 is 0 Å². The largest absolute Gasteiger partial charge is 0.272 e. The van der Waals surface area contributed by atoms with Crippen LogP contribution in [0, 0.1) is 6.92 Å². The zero-order chi connectivity index (χ0) is 14.1. The Bertz CT molecular complexity index is 673. The van der Waals surface area contributed by atoms with Crippen LogP contribution in [0.25, 0.3) is 0 Å². The highest BCUT2D eigenvalue weighted by molar-refractivity contribution is 8.24. The molecule has 1 aromatic heterocycles. The monoisotopic (exact) mass is 300 g/mol. The molecule has 0 aliphatic carbocycles. The summed E-state index contributed by atoms with van der Waals surface area (Å²) in [5.74, 6) is -0.0238. The number of nitrogens with zero attached hydrogens (tertiary/aromatic N) is 2. The Hall–Kier alpha value is -1.72. The number of thiocarbonyl (C=S) groups is 1. The van der Waals surface area contributed by atoms with Gasteiger partial charge in [-0.3, -0.25) is 14.7 Å². The third-order valence-corrected chi connectivity index (χ3v) is 4.60. The predicted octanol–water partition coefficient (Wildman–Crippen LogP) is 3.50. The van der Waals surface area contributed by atoms with Crippen molar-refractivity contribution in [1.82, 2.24) is 4.98 Å². The number of rotatable bonds is 2. The minimum absolute atomic E-state index is 0.0238. The molecule has 1 aromatic carbocycles. The van der Waals surface area contributed by atoms with Crippen molar-refractivity contribution >= 4 is 39.9 Å². The van der Waals surface area contributed by atoms with E-state index in [9.17, 15) is 4.79 Å². The second-order valence-corrected chi connectivity index (χ2v) is 6.27. The number of amides is 1. The van der Waals surface area contributed by atoms with E-state index in [0.29, 0.717) is 4.32 Å². The van der Waals surface area contributed by atoms with E-state index >= 15 is 0 Å². The normalized spacial score (nSPS) is 18.6. The van der Waals surface area contributed by atoms with E-state index in [-0.39, 0.29) is 11.2 Å². The maximum atomic E-state index is 12.6. The van der Waals surface area contributed by atoms with Gasteiger partial charge in [-0.15, -0.1) is 0 Å². The van der Waals surface area contributed by atoms with E-state index in [1.165, 1.54) is 11.8 Å². The number of carbonyl (C=O) groups is 1. The van der Waals surface area contributed by atoms with Gasteiger partial charge in [0.1, 0.15) is 9.57 Å². The van der Waals surface area contributed by atoms with Gasteiger partial charge in [-0.05, 0) is 36.8 Å². The molecule has 2 aromatic rings. The number of aromatic nitrogens is 1. The molecule has 1 atom stereocenters. The zero-order valence-corrected chi connectivity index (χ0v) is 12.4. The summed E-state index contributed by atoms with van der Waals surface area (Å²) in [5.41, 5.74) is 2.68. The van der Waals surface area contributed by atoms with Crippen LogP contribution in [-0.4, -0.2) is 15.2 Å². The van der Waals surface area contributed by atoms with Crippen molar-refractivity contribution in [3.05, 3.63) is 59.9 Å². The minimum Gasteiger partial charge on any atom is -0.272 e. The number of benzene rings is 1. The summed E-state index contributed by atoms with van der Waals surface area (Å²) < 4.78 is 0.580. The summed E-state index contributed by atoms with van der Waals surface area (Å²) in [6, 6.07) is 13.4. The molecule has 3 rings (SSSR count). The second-order valence-electron chi connectivity index (χ2n) is 4.53. The van der Waals surface area contributed by atoms with Crippen LogP contribution in [0.5, 0.6) is 0 Å². The number of aryl methyl sites for hydroxylation is 1. The molecule has 3 nitrogen and oxygen atoms in total. The summed E-state index contributed by atoms with van der Waals surface area (Å²) in [6.45, 7) is 2.00. The lowest BCUT2D eigenvalue weighted by molar-refractivity contribution is -0.117. The van der Waals surface area contributed by atoms with E-state index in [1.807, 2.05) is 49.4 Å². The topological polar surface area (TPSA) is 33.2 Å². The zero-order valence-electron chi connectivity index (χ0n) is 10.8. The Morgan fingerprint density at radius 2 is 2.10 bits per heavy atom. The standard InChI is InChI=1S/C15H12N2OS2/c1-10-5-4-6-11(9-10)17-14(18)13(20-15(17)19)12-7-2-3-8-16-12/h2-9,13H,1H3. The maximum absolute atomic E-state index is 12.6. The van der Waals surface area contributed by atoms with Crippen LogP contribution < -0.4 is 4.90 Å². The fourth-order valence-electron chi connectivity index (χ4n) is 2.13. The third-order valence-electron chi connectivity index (χ3n) is 3.06. The molecule has 1 saturated heterocycles. The number of thioether (sulfide) groups is 1. The van der Waals surface area contributed by atoms with Crippen molar-refractivity contribution in [3.8, 4) is 0 Å². The molecule has 0 saturated carbocycles. The second kappa shape index (κ2) is 5.34. The molecule has 0 spiro atoms. The number of pyridine rings is 1. The molecule has 0 N–H and O–H groups in total. The van der Waals surface area contributed by atoms with Crippen molar-refractivity contribution in [2.24, 2.45) is 0 Å². The van der Waals surface area contributed by atoms with Gasteiger partial charge in [-0.2, -0.15) is 0 Å². The summed E-state index contributed by atoms with van der Waals surface area (Å²) >= 11 is 6.74. The van der Waals surface area contributed by atoms with Gasteiger partial charge in [-0.25, -0.2) is 0 Å². The van der Waals surface area contributed by atoms with Gasteiger partial charge in [-0.1, -0.05) is 42.2 Å². The average Bonchev–Trinajstić information content (AvgIpc) is 2.75. The van der Waals surface area contributed by atoms with Crippen LogP contribution in [0.1, 0.15) is 16.5 Å². The lowest BCUT2D eigenvalue weighted by Gasteiger charge is -2.16. The quantitative estimate of drug-likeness (QED) is 0.795. The Labute approximate surface area is 127 Å². The van der Waals surface area contributed by atoms with Crippen molar-refractivity contribution in [3.63, 3.8) is 0 Å². The van der Waals surface area contributed by atoms with Gasteiger partial charge in [0.15, 0.2) is 0 Å². The molecular weight excluding hydrogens is 288 g/mol. The molecule has 100 valence electrons. The first kappa shape index (κ1) is 13.3. The van der Waals surface area contributed by atoms with Crippen molar-refractivity contribution in [2.45, 2.75) is 12.2 Å². The van der Waals surface area contributed by atoms with Crippen molar-refractivity contribution < 1.29 is 4.79 Å². The third kappa shape index (κ3) is 2.34. The van der Waals surface area contributed by atoms with Crippen molar-refractivity contribution in [2.75, 3.05) is 4.90 Å².